The Hall–Kier alpha value is -3.19. The van der Waals surface area contributed by atoms with Crippen LogP contribution in [-0.2, 0) is 9.57 Å². The van der Waals surface area contributed by atoms with Gasteiger partial charge in [-0.3, -0.25) is 0 Å². The average molecular weight is 423 g/mol. The van der Waals surface area contributed by atoms with E-state index in [0.29, 0.717) is 18.1 Å². The van der Waals surface area contributed by atoms with Gasteiger partial charge in [-0.1, -0.05) is 11.7 Å². The maximum absolute atomic E-state index is 6.06. The van der Waals surface area contributed by atoms with Gasteiger partial charge in [-0.25, -0.2) is 0 Å². The molecule has 31 heavy (non-hydrogen) atoms. The first-order valence-corrected chi connectivity index (χ1v) is 10.2. The van der Waals surface area contributed by atoms with E-state index in [2.05, 4.69) is 17.8 Å². The van der Waals surface area contributed by atoms with Crippen LogP contribution in [0, 0.1) is 0 Å². The van der Waals surface area contributed by atoms with E-state index in [1.54, 1.807) is 21.3 Å². The zero-order valence-electron chi connectivity index (χ0n) is 18.0. The smallest absolute Gasteiger partial charge is 0.173 e. The quantitative estimate of drug-likeness (QED) is 0.677. The minimum absolute atomic E-state index is 0.0816. The van der Waals surface area contributed by atoms with Crippen LogP contribution in [0.4, 0.5) is 0 Å². The summed E-state index contributed by atoms with van der Waals surface area (Å²) in [5.74, 6) is 2.74. The van der Waals surface area contributed by atoms with Gasteiger partial charge in [-0.15, -0.1) is 0 Å². The molecule has 4 atom stereocenters. The second-order valence-corrected chi connectivity index (χ2v) is 7.95. The van der Waals surface area contributed by atoms with Crippen LogP contribution in [0.2, 0.25) is 0 Å². The minimum atomic E-state index is -0.211. The van der Waals surface area contributed by atoms with E-state index in [1.807, 2.05) is 31.2 Å². The van der Waals surface area contributed by atoms with Crippen molar-refractivity contribution in [2.24, 2.45) is 5.16 Å². The summed E-state index contributed by atoms with van der Waals surface area (Å²) < 4.78 is 28.7. The topological polar surface area (TPSA) is 67.7 Å². The maximum Gasteiger partial charge on any atom is 0.173 e. The van der Waals surface area contributed by atoms with Crippen LogP contribution in [0.25, 0.3) is 0 Å². The third kappa shape index (κ3) is 3.03. The Morgan fingerprint density at radius 2 is 1.81 bits per heavy atom. The maximum atomic E-state index is 6.06. The number of methoxy groups -OCH3 is 3. The van der Waals surface area contributed by atoms with Crippen molar-refractivity contribution in [3.63, 3.8) is 0 Å². The Labute approximate surface area is 181 Å². The second kappa shape index (κ2) is 7.50. The molecule has 0 amide bonds. The number of ether oxygens (including phenoxy) is 5. The number of rotatable bonds is 5. The molecule has 0 aromatic heterocycles. The highest BCUT2D eigenvalue weighted by molar-refractivity contribution is 6.07. The molecule has 162 valence electrons. The second-order valence-electron chi connectivity index (χ2n) is 7.95. The van der Waals surface area contributed by atoms with Crippen molar-refractivity contribution in [2.75, 3.05) is 27.9 Å². The third-order valence-corrected chi connectivity index (χ3v) is 6.09. The molecule has 0 aliphatic carbocycles. The monoisotopic (exact) mass is 423 g/mol. The molecule has 0 saturated heterocycles. The van der Waals surface area contributed by atoms with Gasteiger partial charge >= 0.3 is 0 Å². The molecule has 2 aromatic rings. The summed E-state index contributed by atoms with van der Waals surface area (Å²) in [5.41, 5.74) is 4.68. The number of hydrogen-bond acceptors (Lipinski definition) is 7. The summed E-state index contributed by atoms with van der Waals surface area (Å²) in [4.78, 5) is 5.76. The molecular weight excluding hydrogens is 398 g/mol. The summed E-state index contributed by atoms with van der Waals surface area (Å²) in [6.45, 7) is 6.40. The molecule has 0 N–H and O–H groups in total. The number of fused-ring (bicyclic) bond motifs is 4. The Bertz CT molecular complexity index is 1080. The zero-order valence-corrected chi connectivity index (χ0v) is 18.0. The highest BCUT2D eigenvalue weighted by atomic mass is 16.7. The molecule has 3 aliphatic heterocycles. The van der Waals surface area contributed by atoms with E-state index >= 15 is 0 Å². The molecule has 0 spiro atoms. The van der Waals surface area contributed by atoms with Crippen LogP contribution >= 0.6 is 0 Å². The highest BCUT2D eigenvalue weighted by Gasteiger charge is 2.43. The van der Waals surface area contributed by atoms with Crippen LogP contribution < -0.4 is 18.9 Å². The van der Waals surface area contributed by atoms with Crippen LogP contribution in [0.3, 0.4) is 0 Å². The molecule has 7 heteroatoms. The lowest BCUT2D eigenvalue weighted by Gasteiger charge is -2.28. The lowest BCUT2D eigenvalue weighted by atomic mass is 9.83. The Morgan fingerprint density at radius 3 is 2.52 bits per heavy atom. The molecule has 2 aromatic carbocycles. The van der Waals surface area contributed by atoms with E-state index in [4.69, 9.17) is 28.5 Å². The van der Waals surface area contributed by atoms with Gasteiger partial charge in [0.25, 0.3) is 0 Å². The van der Waals surface area contributed by atoms with Gasteiger partial charge in [0.15, 0.2) is 17.6 Å². The fourth-order valence-electron chi connectivity index (χ4n) is 4.55. The van der Waals surface area contributed by atoms with Crippen molar-refractivity contribution in [1.29, 1.82) is 0 Å². The molecule has 3 heterocycles. The van der Waals surface area contributed by atoms with Crippen molar-refractivity contribution in [1.82, 2.24) is 0 Å². The first kappa shape index (κ1) is 19.8. The molecule has 7 nitrogen and oxygen atoms in total. The zero-order chi connectivity index (χ0) is 21.7. The van der Waals surface area contributed by atoms with Crippen molar-refractivity contribution in [3.8, 4) is 23.0 Å². The predicted octanol–water partition coefficient (Wildman–Crippen LogP) is 4.01. The van der Waals surface area contributed by atoms with Crippen LogP contribution in [0.15, 0.2) is 47.6 Å². The summed E-state index contributed by atoms with van der Waals surface area (Å²) in [7, 11) is 4.92. The van der Waals surface area contributed by atoms with Gasteiger partial charge in [-0.2, -0.15) is 0 Å². The van der Waals surface area contributed by atoms with Gasteiger partial charge in [0, 0.05) is 29.9 Å². The normalized spacial score (nSPS) is 25.2. The molecule has 0 saturated carbocycles. The summed E-state index contributed by atoms with van der Waals surface area (Å²) in [6.07, 6.45) is -0.616. The van der Waals surface area contributed by atoms with Crippen LogP contribution in [0.5, 0.6) is 23.0 Å². The summed E-state index contributed by atoms with van der Waals surface area (Å²) in [6, 6.07) is 9.85. The number of hydrogen-bond donors (Lipinski definition) is 0. The van der Waals surface area contributed by atoms with Crippen LogP contribution in [-0.4, -0.2) is 45.9 Å². The molecular formula is C24H25NO6. The lowest BCUT2D eigenvalue weighted by Crippen LogP contribution is -2.32. The fraction of sp³-hybridized carbons (Fsp3) is 0.375. The molecule has 0 bridgehead atoms. The Kier molecular flexibility index (Phi) is 4.78. The van der Waals surface area contributed by atoms with Crippen molar-refractivity contribution >= 4 is 5.71 Å². The van der Waals surface area contributed by atoms with Crippen LogP contribution in [0.1, 0.15) is 35.6 Å². The Morgan fingerprint density at radius 1 is 1.03 bits per heavy atom. The first-order valence-electron chi connectivity index (χ1n) is 10.2. The molecule has 3 aliphatic rings. The van der Waals surface area contributed by atoms with Crippen molar-refractivity contribution < 1.29 is 28.5 Å². The first-order chi connectivity index (χ1) is 15.0. The molecule has 0 fully saturated rings. The van der Waals surface area contributed by atoms with Gasteiger partial charge in [-0.05, 0) is 36.8 Å². The lowest BCUT2D eigenvalue weighted by molar-refractivity contribution is 0.0285. The van der Waals surface area contributed by atoms with E-state index < -0.39 is 0 Å². The van der Waals surface area contributed by atoms with Gasteiger partial charge in [0.1, 0.15) is 30.3 Å². The van der Waals surface area contributed by atoms with Crippen molar-refractivity contribution in [3.05, 3.63) is 59.2 Å². The van der Waals surface area contributed by atoms with Crippen molar-refractivity contribution in [2.45, 2.75) is 31.2 Å². The minimum Gasteiger partial charge on any atom is -0.493 e. The van der Waals surface area contributed by atoms with E-state index in [0.717, 1.165) is 39.5 Å². The predicted molar refractivity (Wildman–Crippen MR) is 115 cm³/mol. The SMILES string of the molecule is C=C(C)C1Oc2ccc(C3=NOC4COc5cc(OC)c(OC)cc5C34)cc2C1OC. The molecule has 4 unspecified atom stereocenters. The fourth-order valence-corrected chi connectivity index (χ4v) is 4.55. The number of benzene rings is 2. The number of nitrogens with zero attached hydrogens (tertiary/aromatic N) is 1. The highest BCUT2D eigenvalue weighted by Crippen LogP contribution is 2.47. The molecule has 5 rings (SSSR count). The van der Waals surface area contributed by atoms with E-state index in [-0.39, 0.29) is 24.2 Å². The van der Waals surface area contributed by atoms with E-state index in [1.165, 1.54) is 0 Å². The largest absolute Gasteiger partial charge is 0.493 e. The number of oxime groups is 1. The third-order valence-electron chi connectivity index (χ3n) is 6.09. The Balaban J connectivity index is 1.55. The summed E-state index contributed by atoms with van der Waals surface area (Å²) >= 11 is 0. The standard InChI is InChI=1S/C24H25NO6/c1-12(2)23-24(28-5)15-8-13(6-7-16(15)30-23)22-21-14-9-18(26-3)19(27-4)10-17(14)29-11-20(21)31-25-22/h6-10,20-21,23-24H,1,11H2,2-5H3. The van der Waals surface area contributed by atoms with Gasteiger partial charge in [0.2, 0.25) is 0 Å². The van der Waals surface area contributed by atoms with Gasteiger partial charge in [0.05, 0.1) is 25.8 Å². The van der Waals surface area contributed by atoms with E-state index in [9.17, 15) is 0 Å². The molecule has 0 radical (unpaired) electrons. The average Bonchev–Trinajstić information content (AvgIpc) is 3.39. The summed E-state index contributed by atoms with van der Waals surface area (Å²) in [5, 5.41) is 4.44. The van der Waals surface area contributed by atoms with Gasteiger partial charge < -0.3 is 28.5 Å².